The second kappa shape index (κ2) is 8.90. The number of carbonyl (C=O) groups excluding carboxylic acids is 2. The molecule has 0 saturated heterocycles. The summed E-state index contributed by atoms with van der Waals surface area (Å²) in [5.74, 6) is -0.886. The van der Waals surface area contributed by atoms with Crippen LogP contribution in [0, 0.1) is 11.3 Å². The summed E-state index contributed by atoms with van der Waals surface area (Å²) in [6.07, 6.45) is -0.751. The maximum atomic E-state index is 11.7. The van der Waals surface area contributed by atoms with Gasteiger partial charge in [0.15, 0.2) is 11.6 Å². The number of aromatic nitrogens is 2. The molecular weight excluding hydrogens is 364 g/mol. The molecule has 0 aliphatic heterocycles. The molecule has 0 aliphatic rings. The number of fused-ring (bicyclic) bond motifs is 1. The van der Waals surface area contributed by atoms with Crippen LogP contribution in [0.2, 0.25) is 0 Å². The number of nitrogens with one attached hydrogen (secondary N) is 2. The maximum absolute atomic E-state index is 11.7. The van der Waals surface area contributed by atoms with Gasteiger partial charge in [-0.05, 0) is 32.9 Å². The van der Waals surface area contributed by atoms with Gasteiger partial charge in [0, 0.05) is 6.54 Å². The number of alkyl carbamates (subject to hydrolysis) is 1. The third kappa shape index (κ3) is 6.02. The molecule has 0 bridgehead atoms. The van der Waals surface area contributed by atoms with Gasteiger partial charge in [-0.25, -0.2) is 9.78 Å². The van der Waals surface area contributed by atoms with Crippen LogP contribution in [0.1, 0.15) is 33.0 Å². The third-order valence-electron chi connectivity index (χ3n) is 3.39. The molecule has 0 fully saturated rings. The first kappa shape index (κ1) is 20.8. The summed E-state index contributed by atoms with van der Waals surface area (Å²) in [7, 11) is 0. The minimum atomic E-state index is -0.649. The number of H-pyrrole nitrogens is 1. The Balaban J connectivity index is 1.88. The van der Waals surface area contributed by atoms with Crippen molar-refractivity contribution in [2.45, 2.75) is 32.8 Å². The summed E-state index contributed by atoms with van der Waals surface area (Å²) in [6.45, 7) is 4.72. The number of esters is 1. The summed E-state index contributed by atoms with van der Waals surface area (Å²) < 4.78 is 9.97. The van der Waals surface area contributed by atoms with Crippen molar-refractivity contribution in [1.29, 1.82) is 5.26 Å². The number of aliphatic hydroxyl groups excluding tert-OH is 1. The van der Waals surface area contributed by atoms with Crippen LogP contribution in [0.15, 0.2) is 30.0 Å². The molecule has 0 unspecified atom stereocenters. The summed E-state index contributed by atoms with van der Waals surface area (Å²) in [5, 5.41) is 21.8. The Morgan fingerprint density at radius 2 is 2.04 bits per heavy atom. The lowest BCUT2D eigenvalue weighted by Crippen LogP contribution is -2.33. The van der Waals surface area contributed by atoms with Crippen molar-refractivity contribution >= 4 is 28.7 Å². The topological polar surface area (TPSA) is 137 Å². The molecular formula is C19H22N4O5. The van der Waals surface area contributed by atoms with Crippen molar-refractivity contribution < 1.29 is 24.2 Å². The van der Waals surface area contributed by atoms with Gasteiger partial charge in [0.05, 0.1) is 17.5 Å². The zero-order chi connectivity index (χ0) is 20.7. The van der Waals surface area contributed by atoms with Crippen molar-refractivity contribution in [3.63, 3.8) is 0 Å². The quantitative estimate of drug-likeness (QED) is 0.394. The molecule has 0 spiro atoms. The average molecular weight is 386 g/mol. The highest BCUT2D eigenvalue weighted by Gasteiger charge is 2.17. The van der Waals surface area contributed by atoms with Crippen LogP contribution in [0.5, 0.6) is 0 Å². The molecule has 0 saturated carbocycles. The van der Waals surface area contributed by atoms with Crippen LogP contribution in [0.3, 0.4) is 0 Å². The number of carbonyl (C=O) groups is 2. The Kier molecular flexibility index (Phi) is 6.60. The van der Waals surface area contributed by atoms with Gasteiger partial charge in [0.2, 0.25) is 0 Å². The molecule has 1 aromatic heterocycles. The van der Waals surface area contributed by atoms with Gasteiger partial charge < -0.3 is 24.9 Å². The number of nitrogens with zero attached hydrogens (tertiary/aromatic N) is 2. The lowest BCUT2D eigenvalue weighted by molar-refractivity contribution is -0.143. The zero-order valence-electron chi connectivity index (χ0n) is 15.9. The monoisotopic (exact) mass is 386 g/mol. The molecule has 0 atom stereocenters. The number of imidazole rings is 1. The van der Waals surface area contributed by atoms with Gasteiger partial charge in [-0.3, -0.25) is 4.79 Å². The highest BCUT2D eigenvalue weighted by molar-refractivity contribution is 5.83. The number of nitriles is 1. The van der Waals surface area contributed by atoms with Gasteiger partial charge >= 0.3 is 12.1 Å². The molecule has 9 heteroatoms. The molecule has 2 aromatic rings. The smallest absolute Gasteiger partial charge is 0.407 e. The molecule has 1 aromatic carbocycles. The molecule has 28 heavy (non-hydrogen) atoms. The van der Waals surface area contributed by atoms with Crippen LogP contribution in [-0.2, 0) is 14.3 Å². The molecule has 9 nitrogen and oxygen atoms in total. The molecule has 3 N–H and O–H groups in total. The number of amides is 1. The lowest BCUT2D eigenvalue weighted by atomic mass is 10.2. The van der Waals surface area contributed by atoms with Crippen molar-refractivity contribution in [3.8, 4) is 6.07 Å². The Morgan fingerprint density at radius 3 is 2.68 bits per heavy atom. The molecule has 2 rings (SSSR count). The van der Waals surface area contributed by atoms with Gasteiger partial charge in [-0.15, -0.1) is 0 Å². The second-order valence-corrected chi connectivity index (χ2v) is 6.88. The molecule has 1 amide bonds. The highest BCUT2D eigenvalue weighted by Crippen LogP contribution is 2.18. The van der Waals surface area contributed by atoms with Crippen LogP contribution in [-0.4, -0.2) is 45.9 Å². The van der Waals surface area contributed by atoms with Gasteiger partial charge in [-0.2, -0.15) is 5.26 Å². The first-order valence-corrected chi connectivity index (χ1v) is 8.59. The number of benzene rings is 1. The Bertz CT molecular complexity index is 901. The van der Waals surface area contributed by atoms with E-state index in [0.717, 1.165) is 0 Å². The van der Waals surface area contributed by atoms with E-state index in [0.29, 0.717) is 11.0 Å². The number of allylic oxidation sites excluding steroid dienone is 1. The fourth-order valence-corrected chi connectivity index (χ4v) is 2.20. The largest absolute Gasteiger partial charge is 0.507 e. The molecule has 0 radical (unpaired) electrons. The predicted molar refractivity (Wildman–Crippen MR) is 101 cm³/mol. The zero-order valence-corrected chi connectivity index (χ0v) is 15.9. The molecule has 1 heterocycles. The standard InChI is InChI=1S/C19H22N4O5/c1-19(2,3)28-18(26)21-9-8-16(25)27-11-15(24)12(10-20)17-22-13-6-4-5-7-14(13)23-17/h4-7,24H,8-9,11H2,1-3H3,(H,21,26)(H,22,23)/b15-12-. The minimum absolute atomic E-state index is 0.0207. The summed E-state index contributed by atoms with van der Waals surface area (Å²) in [4.78, 5) is 30.4. The van der Waals surface area contributed by atoms with Crippen LogP contribution >= 0.6 is 0 Å². The van der Waals surface area contributed by atoms with Crippen molar-refractivity contribution in [2.75, 3.05) is 13.2 Å². The van der Waals surface area contributed by atoms with Crippen molar-refractivity contribution in [2.24, 2.45) is 0 Å². The fraction of sp³-hybridized carbons (Fsp3) is 0.368. The maximum Gasteiger partial charge on any atom is 0.407 e. The van der Waals surface area contributed by atoms with Gasteiger partial charge in [0.1, 0.15) is 23.9 Å². The Hall–Kier alpha value is -3.54. The highest BCUT2D eigenvalue weighted by atomic mass is 16.6. The van der Waals surface area contributed by atoms with E-state index in [-0.39, 0.29) is 24.4 Å². The van der Waals surface area contributed by atoms with E-state index in [4.69, 9.17) is 9.47 Å². The van der Waals surface area contributed by atoms with Gasteiger partial charge in [0.25, 0.3) is 0 Å². The number of hydrogen-bond acceptors (Lipinski definition) is 7. The van der Waals surface area contributed by atoms with Crippen LogP contribution < -0.4 is 5.32 Å². The second-order valence-electron chi connectivity index (χ2n) is 6.88. The van der Waals surface area contributed by atoms with E-state index in [1.165, 1.54) is 0 Å². The summed E-state index contributed by atoms with van der Waals surface area (Å²) in [6, 6.07) is 9.02. The normalized spacial score (nSPS) is 12.1. The van der Waals surface area contributed by atoms with E-state index < -0.39 is 30.0 Å². The number of aromatic amines is 1. The Labute approximate surface area is 162 Å². The van der Waals surface area contributed by atoms with E-state index in [1.807, 2.05) is 12.1 Å². The predicted octanol–water partition coefficient (Wildman–Crippen LogP) is 2.81. The first-order valence-electron chi connectivity index (χ1n) is 8.59. The molecule has 0 aliphatic carbocycles. The van der Waals surface area contributed by atoms with E-state index in [9.17, 15) is 20.0 Å². The first-order chi connectivity index (χ1) is 13.2. The van der Waals surface area contributed by atoms with Crippen molar-refractivity contribution in [3.05, 3.63) is 35.8 Å². The number of rotatable bonds is 6. The third-order valence-corrected chi connectivity index (χ3v) is 3.39. The van der Waals surface area contributed by atoms with Crippen molar-refractivity contribution in [1.82, 2.24) is 15.3 Å². The minimum Gasteiger partial charge on any atom is -0.507 e. The van der Waals surface area contributed by atoms with Crippen LogP contribution in [0.4, 0.5) is 4.79 Å². The molecule has 148 valence electrons. The SMILES string of the molecule is CC(C)(C)OC(=O)NCCC(=O)OC/C(O)=C(\C#N)c1nc2ccccc2[nH]1. The van der Waals surface area contributed by atoms with Gasteiger partial charge in [-0.1, -0.05) is 12.1 Å². The van der Waals surface area contributed by atoms with E-state index in [2.05, 4.69) is 15.3 Å². The van der Waals surface area contributed by atoms with E-state index in [1.54, 1.807) is 39.0 Å². The summed E-state index contributed by atoms with van der Waals surface area (Å²) in [5.41, 5.74) is 0.605. The van der Waals surface area contributed by atoms with Crippen LogP contribution in [0.25, 0.3) is 16.6 Å². The number of hydrogen-bond donors (Lipinski definition) is 3. The van der Waals surface area contributed by atoms with E-state index >= 15 is 0 Å². The summed E-state index contributed by atoms with van der Waals surface area (Å²) >= 11 is 0. The number of aliphatic hydroxyl groups is 1. The lowest BCUT2D eigenvalue weighted by Gasteiger charge is -2.19. The number of para-hydroxylation sites is 2. The number of ether oxygens (including phenoxy) is 2. The Morgan fingerprint density at radius 1 is 1.32 bits per heavy atom. The average Bonchev–Trinajstić information content (AvgIpc) is 3.02. The fourth-order valence-electron chi connectivity index (χ4n) is 2.20.